The first-order chi connectivity index (χ1) is 11.5. The van der Waals surface area contributed by atoms with E-state index in [0.717, 1.165) is 19.4 Å². The standard InChI is InChI=1S/C14H18F3N5O2/c15-14(16,17)13-20-19-12-5-4-11(21-22(12)13)18-6-2-7-23-9-10-3-1-8-24-10/h4-5,10H,1-3,6-9H2,(H,18,21). The molecule has 1 saturated heterocycles. The molecule has 0 spiro atoms. The van der Waals surface area contributed by atoms with Gasteiger partial charge in [0.2, 0.25) is 0 Å². The van der Waals surface area contributed by atoms with Crippen LogP contribution in [0.4, 0.5) is 19.0 Å². The maximum absolute atomic E-state index is 12.8. The minimum atomic E-state index is -4.60. The molecule has 1 atom stereocenters. The molecule has 0 radical (unpaired) electrons. The normalized spacial score (nSPS) is 18.4. The van der Waals surface area contributed by atoms with Gasteiger partial charge in [-0.2, -0.15) is 17.7 Å². The number of ether oxygens (including phenoxy) is 2. The number of hydrogen-bond donors (Lipinski definition) is 1. The van der Waals surface area contributed by atoms with Gasteiger partial charge in [-0.15, -0.1) is 15.3 Å². The Bertz CT molecular complexity index is 670. The molecule has 0 amide bonds. The summed E-state index contributed by atoms with van der Waals surface area (Å²) in [5.41, 5.74) is 0.0489. The Hall–Kier alpha value is -1.94. The lowest BCUT2D eigenvalue weighted by atomic mass is 10.2. The number of anilines is 1. The molecule has 1 fully saturated rings. The average Bonchev–Trinajstić information content (AvgIpc) is 3.18. The van der Waals surface area contributed by atoms with E-state index >= 15 is 0 Å². The molecule has 2 aromatic heterocycles. The summed E-state index contributed by atoms with van der Waals surface area (Å²) in [4.78, 5) is 0. The molecule has 1 aliphatic heterocycles. The van der Waals surface area contributed by atoms with Gasteiger partial charge in [0.15, 0.2) is 5.65 Å². The number of fused-ring (bicyclic) bond motifs is 1. The van der Waals surface area contributed by atoms with Crippen LogP contribution in [0.3, 0.4) is 0 Å². The van der Waals surface area contributed by atoms with Crippen LogP contribution in [0.5, 0.6) is 0 Å². The van der Waals surface area contributed by atoms with Gasteiger partial charge in [-0.05, 0) is 31.4 Å². The number of hydrogen-bond acceptors (Lipinski definition) is 6. The van der Waals surface area contributed by atoms with Gasteiger partial charge in [0, 0.05) is 19.8 Å². The van der Waals surface area contributed by atoms with Crippen molar-refractivity contribution in [2.75, 3.05) is 31.7 Å². The summed E-state index contributed by atoms with van der Waals surface area (Å²) in [5.74, 6) is -0.812. The fourth-order valence-corrected chi connectivity index (χ4v) is 2.44. The van der Waals surface area contributed by atoms with E-state index in [-0.39, 0.29) is 11.8 Å². The number of halogens is 3. The molecule has 0 aromatic carbocycles. The molecule has 3 rings (SSSR count). The number of rotatable bonds is 7. The Labute approximate surface area is 136 Å². The highest BCUT2D eigenvalue weighted by molar-refractivity contribution is 5.44. The van der Waals surface area contributed by atoms with Crippen molar-refractivity contribution in [1.82, 2.24) is 19.8 Å². The van der Waals surface area contributed by atoms with E-state index in [1.807, 2.05) is 0 Å². The quantitative estimate of drug-likeness (QED) is 0.775. The maximum Gasteiger partial charge on any atom is 0.453 e. The van der Waals surface area contributed by atoms with Crippen LogP contribution in [0.15, 0.2) is 12.1 Å². The summed E-state index contributed by atoms with van der Waals surface area (Å²) in [5, 5.41) is 13.4. The van der Waals surface area contributed by atoms with E-state index in [1.165, 1.54) is 6.07 Å². The van der Waals surface area contributed by atoms with Crippen LogP contribution in [0.1, 0.15) is 25.1 Å². The third kappa shape index (κ3) is 4.12. The zero-order chi connectivity index (χ0) is 17.0. The molecule has 24 heavy (non-hydrogen) atoms. The second kappa shape index (κ2) is 7.31. The van der Waals surface area contributed by atoms with Crippen LogP contribution >= 0.6 is 0 Å². The lowest BCUT2D eigenvalue weighted by Crippen LogP contribution is -2.16. The first kappa shape index (κ1) is 16.9. The van der Waals surface area contributed by atoms with Crippen LogP contribution < -0.4 is 5.32 Å². The molecule has 0 saturated carbocycles. The molecule has 10 heteroatoms. The molecular formula is C14H18F3N5O2. The summed E-state index contributed by atoms with van der Waals surface area (Å²) in [7, 11) is 0. The van der Waals surface area contributed by atoms with Gasteiger partial charge in [-0.3, -0.25) is 0 Å². The van der Waals surface area contributed by atoms with E-state index in [9.17, 15) is 13.2 Å². The number of alkyl halides is 3. The highest BCUT2D eigenvalue weighted by Gasteiger charge is 2.37. The van der Waals surface area contributed by atoms with Crippen molar-refractivity contribution in [2.24, 2.45) is 0 Å². The van der Waals surface area contributed by atoms with Gasteiger partial charge in [-0.25, -0.2) is 0 Å². The SMILES string of the molecule is FC(F)(F)c1nnc2ccc(NCCCOCC3CCCO3)nn12. The van der Waals surface area contributed by atoms with E-state index in [4.69, 9.17) is 9.47 Å². The first-order valence-electron chi connectivity index (χ1n) is 7.77. The van der Waals surface area contributed by atoms with Gasteiger partial charge < -0.3 is 14.8 Å². The smallest absolute Gasteiger partial charge is 0.379 e. The maximum atomic E-state index is 12.8. The van der Waals surface area contributed by atoms with Crippen molar-refractivity contribution in [3.05, 3.63) is 18.0 Å². The molecule has 3 heterocycles. The van der Waals surface area contributed by atoms with Crippen molar-refractivity contribution >= 4 is 11.5 Å². The van der Waals surface area contributed by atoms with E-state index < -0.39 is 12.0 Å². The molecule has 132 valence electrons. The highest BCUT2D eigenvalue weighted by Crippen LogP contribution is 2.27. The Morgan fingerprint density at radius 1 is 1.33 bits per heavy atom. The fraction of sp³-hybridized carbons (Fsp3) is 0.643. The van der Waals surface area contributed by atoms with Crippen molar-refractivity contribution in [3.8, 4) is 0 Å². The summed E-state index contributed by atoms with van der Waals surface area (Å²) < 4.78 is 50.0. The van der Waals surface area contributed by atoms with Gasteiger partial charge >= 0.3 is 6.18 Å². The molecule has 7 nitrogen and oxygen atoms in total. The summed E-state index contributed by atoms with van der Waals surface area (Å²) in [6.07, 6.45) is -1.59. The van der Waals surface area contributed by atoms with Gasteiger partial charge in [0.05, 0.1) is 12.7 Å². The molecule has 1 unspecified atom stereocenters. The molecule has 1 aliphatic rings. The number of aromatic nitrogens is 4. The Morgan fingerprint density at radius 3 is 2.96 bits per heavy atom. The second-order valence-corrected chi connectivity index (χ2v) is 5.50. The monoisotopic (exact) mass is 345 g/mol. The van der Waals surface area contributed by atoms with Crippen LogP contribution in [0, 0.1) is 0 Å². The molecular weight excluding hydrogens is 327 g/mol. The molecule has 2 aromatic rings. The van der Waals surface area contributed by atoms with Crippen molar-refractivity contribution in [3.63, 3.8) is 0 Å². The lowest BCUT2D eigenvalue weighted by Gasteiger charge is -2.10. The average molecular weight is 345 g/mol. The number of nitrogens with zero attached hydrogens (tertiary/aromatic N) is 4. The highest BCUT2D eigenvalue weighted by atomic mass is 19.4. The van der Waals surface area contributed by atoms with Crippen molar-refractivity contribution in [1.29, 1.82) is 0 Å². The minimum Gasteiger partial charge on any atom is -0.379 e. The second-order valence-electron chi connectivity index (χ2n) is 5.50. The van der Waals surface area contributed by atoms with Crippen LogP contribution in [-0.4, -0.2) is 52.3 Å². The number of nitrogens with one attached hydrogen (secondary N) is 1. The minimum absolute atomic E-state index is 0.0489. The third-order valence-corrected chi connectivity index (χ3v) is 3.62. The van der Waals surface area contributed by atoms with Gasteiger partial charge in [-0.1, -0.05) is 0 Å². The molecule has 0 aliphatic carbocycles. The lowest BCUT2D eigenvalue weighted by molar-refractivity contribution is -0.146. The van der Waals surface area contributed by atoms with E-state index in [2.05, 4.69) is 20.6 Å². The van der Waals surface area contributed by atoms with Crippen molar-refractivity contribution < 1.29 is 22.6 Å². The van der Waals surface area contributed by atoms with E-state index in [1.54, 1.807) is 6.07 Å². The zero-order valence-corrected chi connectivity index (χ0v) is 12.9. The molecule has 0 bridgehead atoms. The zero-order valence-electron chi connectivity index (χ0n) is 12.9. The van der Waals surface area contributed by atoms with E-state index in [0.29, 0.717) is 36.5 Å². The third-order valence-electron chi connectivity index (χ3n) is 3.62. The first-order valence-corrected chi connectivity index (χ1v) is 7.77. The largest absolute Gasteiger partial charge is 0.453 e. The predicted molar refractivity (Wildman–Crippen MR) is 78.7 cm³/mol. The van der Waals surface area contributed by atoms with Crippen molar-refractivity contribution in [2.45, 2.75) is 31.5 Å². The molecule has 1 N–H and O–H groups in total. The topological polar surface area (TPSA) is 73.6 Å². The van der Waals surface area contributed by atoms with Crippen LogP contribution in [-0.2, 0) is 15.7 Å². The Morgan fingerprint density at radius 2 is 2.21 bits per heavy atom. The fourth-order valence-electron chi connectivity index (χ4n) is 2.44. The Balaban J connectivity index is 1.46. The summed E-state index contributed by atoms with van der Waals surface area (Å²) in [6.45, 7) is 2.47. The van der Waals surface area contributed by atoms with Crippen LogP contribution in [0.2, 0.25) is 0 Å². The predicted octanol–water partition coefficient (Wildman–Crippen LogP) is 2.14. The Kier molecular flexibility index (Phi) is 5.14. The summed E-state index contributed by atoms with van der Waals surface area (Å²) in [6, 6.07) is 3.00. The van der Waals surface area contributed by atoms with Gasteiger partial charge in [0.1, 0.15) is 5.82 Å². The van der Waals surface area contributed by atoms with Gasteiger partial charge in [0.25, 0.3) is 5.82 Å². The van der Waals surface area contributed by atoms with Crippen LogP contribution in [0.25, 0.3) is 5.65 Å². The summed E-state index contributed by atoms with van der Waals surface area (Å²) >= 11 is 0.